The summed E-state index contributed by atoms with van der Waals surface area (Å²) in [7, 11) is 0. The molecular formula is C18H16ClN3O5S. The predicted molar refractivity (Wildman–Crippen MR) is 105 cm³/mol. The largest absolute Gasteiger partial charge is 0.433 e. The molecule has 1 unspecified atom stereocenters. The summed E-state index contributed by atoms with van der Waals surface area (Å²) in [6, 6.07) is 6.09. The number of anilines is 1. The number of thiazole rings is 1. The third-order valence-corrected chi connectivity index (χ3v) is 5.75. The molecule has 3 heterocycles. The van der Waals surface area contributed by atoms with Crippen molar-refractivity contribution in [3.63, 3.8) is 0 Å². The fourth-order valence-electron chi connectivity index (χ4n) is 3.17. The van der Waals surface area contributed by atoms with Gasteiger partial charge < -0.3 is 9.15 Å². The van der Waals surface area contributed by atoms with Crippen molar-refractivity contribution in [1.29, 1.82) is 0 Å². The van der Waals surface area contributed by atoms with Gasteiger partial charge in [0.05, 0.1) is 28.9 Å². The number of hydrogen-bond donors (Lipinski definition) is 0. The Morgan fingerprint density at radius 1 is 1.46 bits per heavy atom. The van der Waals surface area contributed by atoms with E-state index < -0.39 is 16.7 Å². The molecule has 8 nitrogen and oxygen atoms in total. The minimum absolute atomic E-state index is 0.112. The van der Waals surface area contributed by atoms with E-state index in [1.165, 1.54) is 28.4 Å². The number of hydrogen-bond acceptors (Lipinski definition) is 7. The van der Waals surface area contributed by atoms with Crippen molar-refractivity contribution in [3.8, 4) is 0 Å². The van der Waals surface area contributed by atoms with Crippen LogP contribution < -0.4 is 4.90 Å². The van der Waals surface area contributed by atoms with Gasteiger partial charge in [-0.1, -0.05) is 22.9 Å². The topological polar surface area (TPSA) is 98.7 Å². The number of nitro groups is 1. The molecule has 1 atom stereocenters. The molecule has 0 N–H and O–H groups in total. The summed E-state index contributed by atoms with van der Waals surface area (Å²) < 4.78 is 11.6. The molecule has 0 bridgehead atoms. The second-order valence-electron chi connectivity index (χ2n) is 6.51. The third-order valence-electron chi connectivity index (χ3n) is 4.51. The maximum absolute atomic E-state index is 13.1. The summed E-state index contributed by atoms with van der Waals surface area (Å²) in [5, 5.41) is 12.0. The molecule has 0 spiro atoms. The Kier molecular flexibility index (Phi) is 5.05. The van der Waals surface area contributed by atoms with E-state index in [9.17, 15) is 14.9 Å². The first-order chi connectivity index (χ1) is 13.4. The number of halogens is 1. The second kappa shape index (κ2) is 7.50. The number of carbonyl (C=O) groups excluding carboxylic acids is 1. The summed E-state index contributed by atoms with van der Waals surface area (Å²) in [5.74, 6) is -1.09. The normalized spacial score (nSPS) is 16.6. The molecule has 1 aliphatic rings. The van der Waals surface area contributed by atoms with E-state index in [-0.39, 0.29) is 11.9 Å². The van der Waals surface area contributed by atoms with Crippen LogP contribution in [-0.2, 0) is 4.74 Å². The van der Waals surface area contributed by atoms with Crippen LogP contribution in [0.5, 0.6) is 0 Å². The highest BCUT2D eigenvalue weighted by molar-refractivity contribution is 7.22. The van der Waals surface area contributed by atoms with Crippen LogP contribution in [-0.4, -0.2) is 35.1 Å². The van der Waals surface area contributed by atoms with Crippen LogP contribution in [0.3, 0.4) is 0 Å². The molecule has 2 aromatic heterocycles. The van der Waals surface area contributed by atoms with Gasteiger partial charge in [-0.15, -0.1) is 0 Å². The highest BCUT2D eigenvalue weighted by Gasteiger charge is 2.30. The number of aromatic nitrogens is 1. The minimum atomic E-state index is -0.676. The Bertz CT molecular complexity index is 1060. The van der Waals surface area contributed by atoms with E-state index in [4.69, 9.17) is 20.8 Å². The van der Waals surface area contributed by atoms with Crippen molar-refractivity contribution in [2.75, 3.05) is 18.1 Å². The predicted octanol–water partition coefficient (Wildman–Crippen LogP) is 4.59. The van der Waals surface area contributed by atoms with Crippen LogP contribution in [0.2, 0.25) is 5.02 Å². The molecule has 0 saturated carbocycles. The molecule has 1 aliphatic heterocycles. The Hall–Kier alpha value is -2.49. The molecule has 1 fully saturated rings. The average molecular weight is 422 g/mol. The van der Waals surface area contributed by atoms with Crippen molar-refractivity contribution in [1.82, 2.24) is 4.98 Å². The van der Waals surface area contributed by atoms with Crippen LogP contribution in [0.15, 0.2) is 28.7 Å². The van der Waals surface area contributed by atoms with Crippen molar-refractivity contribution in [3.05, 3.63) is 50.7 Å². The molecular weight excluding hydrogens is 406 g/mol. The highest BCUT2D eigenvalue weighted by Crippen LogP contribution is 2.34. The van der Waals surface area contributed by atoms with Crippen LogP contribution in [0.4, 0.5) is 11.0 Å². The zero-order chi connectivity index (χ0) is 19.8. The lowest BCUT2D eigenvalue weighted by Crippen LogP contribution is -2.37. The van der Waals surface area contributed by atoms with Gasteiger partial charge in [-0.05, 0) is 43.5 Å². The van der Waals surface area contributed by atoms with E-state index in [2.05, 4.69) is 4.98 Å². The number of fused-ring (bicyclic) bond motifs is 1. The number of carbonyl (C=O) groups is 1. The fraction of sp³-hybridized carbons (Fsp3) is 0.333. The number of amides is 1. The van der Waals surface area contributed by atoms with Crippen LogP contribution >= 0.6 is 22.9 Å². The monoisotopic (exact) mass is 421 g/mol. The minimum Gasteiger partial charge on any atom is -0.395 e. The SMILES string of the molecule is Cc1cc(Cl)cc2sc(N(CC3CCCO3)C(=O)c3ccc([N+](=O)[O-])o3)nc12. The molecule has 4 rings (SSSR count). The molecule has 1 saturated heterocycles. The molecule has 146 valence electrons. The molecule has 10 heteroatoms. The van der Waals surface area contributed by atoms with Crippen LogP contribution in [0.1, 0.15) is 29.0 Å². The van der Waals surface area contributed by atoms with E-state index >= 15 is 0 Å². The van der Waals surface area contributed by atoms with Gasteiger partial charge in [0.25, 0.3) is 5.91 Å². The van der Waals surface area contributed by atoms with Crippen molar-refractivity contribution >= 4 is 50.1 Å². The van der Waals surface area contributed by atoms with Crippen molar-refractivity contribution in [2.45, 2.75) is 25.9 Å². The lowest BCUT2D eigenvalue weighted by Gasteiger charge is -2.21. The van der Waals surface area contributed by atoms with Crippen molar-refractivity contribution < 1.29 is 18.9 Å². The zero-order valence-corrected chi connectivity index (χ0v) is 16.5. The van der Waals surface area contributed by atoms with Gasteiger partial charge in [0.15, 0.2) is 10.9 Å². The smallest absolute Gasteiger partial charge is 0.395 e. The molecule has 0 radical (unpaired) electrons. The van der Waals surface area contributed by atoms with Gasteiger partial charge in [-0.3, -0.25) is 19.8 Å². The summed E-state index contributed by atoms with van der Waals surface area (Å²) in [5.41, 5.74) is 1.67. The number of furan rings is 1. The van der Waals surface area contributed by atoms with E-state index in [1.54, 1.807) is 6.07 Å². The van der Waals surface area contributed by atoms with Gasteiger partial charge in [0.2, 0.25) is 0 Å². The molecule has 0 aliphatic carbocycles. The number of benzene rings is 1. The highest BCUT2D eigenvalue weighted by atomic mass is 35.5. The number of nitrogens with zero attached hydrogens (tertiary/aromatic N) is 3. The van der Waals surface area contributed by atoms with E-state index in [0.29, 0.717) is 23.3 Å². The standard InChI is InChI=1S/C18H16ClN3O5S/c1-10-7-11(19)8-14-16(10)20-18(28-14)21(9-12-3-2-6-26-12)17(23)13-4-5-15(27-13)22(24)25/h4-5,7-8,12H,2-3,6,9H2,1H3. The van der Waals surface area contributed by atoms with Gasteiger partial charge in [0, 0.05) is 11.6 Å². The first kappa shape index (κ1) is 18.9. The van der Waals surface area contributed by atoms with E-state index in [0.717, 1.165) is 28.6 Å². The number of ether oxygens (including phenoxy) is 1. The molecule has 1 amide bonds. The lowest BCUT2D eigenvalue weighted by atomic mass is 10.2. The van der Waals surface area contributed by atoms with Gasteiger partial charge in [-0.25, -0.2) is 4.98 Å². The zero-order valence-electron chi connectivity index (χ0n) is 14.9. The fourth-order valence-corrected chi connectivity index (χ4v) is 4.60. The Morgan fingerprint density at radius 3 is 2.96 bits per heavy atom. The molecule has 1 aromatic carbocycles. The number of rotatable bonds is 5. The lowest BCUT2D eigenvalue weighted by molar-refractivity contribution is -0.402. The summed E-state index contributed by atoms with van der Waals surface area (Å²) >= 11 is 7.47. The Balaban J connectivity index is 1.73. The Morgan fingerprint density at radius 2 is 2.29 bits per heavy atom. The van der Waals surface area contributed by atoms with Crippen LogP contribution in [0, 0.1) is 17.0 Å². The Labute approximate surface area is 168 Å². The van der Waals surface area contributed by atoms with Crippen molar-refractivity contribution in [2.24, 2.45) is 0 Å². The van der Waals surface area contributed by atoms with Gasteiger partial charge >= 0.3 is 5.88 Å². The van der Waals surface area contributed by atoms with Gasteiger partial charge in [-0.2, -0.15) is 0 Å². The third kappa shape index (κ3) is 3.60. The second-order valence-corrected chi connectivity index (χ2v) is 7.96. The summed E-state index contributed by atoms with van der Waals surface area (Å²) in [6.07, 6.45) is 1.64. The first-order valence-electron chi connectivity index (χ1n) is 8.67. The summed E-state index contributed by atoms with van der Waals surface area (Å²) in [4.78, 5) is 29.4. The molecule has 3 aromatic rings. The maximum Gasteiger partial charge on any atom is 0.433 e. The van der Waals surface area contributed by atoms with Gasteiger partial charge in [0.1, 0.15) is 4.92 Å². The average Bonchev–Trinajstić information content (AvgIpc) is 3.38. The molecule has 28 heavy (non-hydrogen) atoms. The first-order valence-corrected chi connectivity index (χ1v) is 9.86. The maximum atomic E-state index is 13.1. The van der Waals surface area contributed by atoms with Crippen LogP contribution in [0.25, 0.3) is 10.2 Å². The van der Waals surface area contributed by atoms with E-state index in [1.807, 2.05) is 13.0 Å². The quantitative estimate of drug-likeness (QED) is 0.441. The number of aryl methyl sites for hydroxylation is 1. The summed E-state index contributed by atoms with van der Waals surface area (Å²) in [6.45, 7) is 2.84.